The molecule has 0 aromatic heterocycles. The van der Waals surface area contributed by atoms with E-state index in [1.807, 2.05) is 0 Å². The van der Waals surface area contributed by atoms with Crippen molar-refractivity contribution < 1.29 is 13.9 Å². The Morgan fingerprint density at radius 2 is 2.22 bits per heavy atom. The van der Waals surface area contributed by atoms with Gasteiger partial charge in [0.1, 0.15) is 6.61 Å². The van der Waals surface area contributed by atoms with Gasteiger partial charge in [-0.05, 0) is 0 Å². The second kappa shape index (κ2) is 3.20. The van der Waals surface area contributed by atoms with E-state index < -0.39 is 19.1 Å². The molecule has 0 amide bonds. The number of nitrogens with one attached hydrogen (secondary N) is 1. The van der Waals surface area contributed by atoms with Gasteiger partial charge in [-0.2, -0.15) is 5.26 Å². The van der Waals surface area contributed by atoms with Gasteiger partial charge in [0.2, 0.25) is 0 Å². The Hall–Kier alpha value is -0.890. The molecule has 0 aliphatic carbocycles. The molecule has 0 saturated heterocycles. The minimum absolute atomic E-state index is 0.806. The average Bonchev–Trinajstić information content (AvgIpc) is 1.84. The molecular formula is C4H6F2N2O. The second-order valence-corrected chi connectivity index (χ2v) is 1.48. The van der Waals surface area contributed by atoms with Crippen LogP contribution in [0, 0.1) is 11.5 Å². The number of hydrogen-bond acceptors (Lipinski definition) is 3. The molecule has 0 spiro atoms. The highest BCUT2D eigenvalue weighted by atomic mass is 19.3. The lowest BCUT2D eigenvalue weighted by atomic mass is 10.4. The molecule has 0 unspecified atom stereocenters. The van der Waals surface area contributed by atoms with E-state index in [9.17, 15) is 8.78 Å². The number of aliphatic hydroxyl groups is 1. The van der Waals surface area contributed by atoms with Crippen molar-refractivity contribution in [3.05, 3.63) is 0 Å². The number of aliphatic hydroxyl groups excluding tert-OH is 1. The molecule has 0 rings (SSSR count). The summed E-state index contributed by atoms with van der Waals surface area (Å²) < 4.78 is 23.8. The first-order valence-corrected chi connectivity index (χ1v) is 2.23. The molecule has 9 heavy (non-hydrogen) atoms. The predicted octanol–water partition coefficient (Wildman–Crippen LogP) is -0.315. The van der Waals surface area contributed by atoms with Gasteiger partial charge >= 0.3 is 0 Å². The van der Waals surface area contributed by atoms with E-state index in [1.54, 1.807) is 5.32 Å². The third-order valence-corrected chi connectivity index (χ3v) is 0.657. The van der Waals surface area contributed by atoms with Gasteiger partial charge in [0, 0.05) is 0 Å². The van der Waals surface area contributed by atoms with Crippen LogP contribution in [-0.4, -0.2) is 24.2 Å². The van der Waals surface area contributed by atoms with Crippen molar-refractivity contribution >= 4 is 0 Å². The molecule has 0 heterocycles. The number of nitrogens with zero attached hydrogens (tertiary/aromatic N) is 1. The largest absolute Gasteiger partial charge is 0.390 e. The van der Waals surface area contributed by atoms with Crippen molar-refractivity contribution in [1.29, 1.82) is 5.26 Å². The number of nitriles is 1. The molecule has 3 nitrogen and oxygen atoms in total. The summed E-state index contributed by atoms with van der Waals surface area (Å²) in [5.41, 5.74) is 0. The highest BCUT2D eigenvalue weighted by Gasteiger charge is 2.26. The van der Waals surface area contributed by atoms with Gasteiger partial charge in [0.05, 0.1) is 6.54 Å². The van der Waals surface area contributed by atoms with Crippen LogP contribution in [-0.2, 0) is 0 Å². The smallest absolute Gasteiger partial charge is 0.288 e. The van der Waals surface area contributed by atoms with E-state index in [1.165, 1.54) is 6.19 Å². The van der Waals surface area contributed by atoms with Crippen LogP contribution < -0.4 is 5.32 Å². The van der Waals surface area contributed by atoms with E-state index in [4.69, 9.17) is 10.4 Å². The fraction of sp³-hybridized carbons (Fsp3) is 0.750. The highest BCUT2D eigenvalue weighted by Crippen LogP contribution is 2.08. The lowest BCUT2D eigenvalue weighted by molar-refractivity contribution is -0.0449. The monoisotopic (exact) mass is 136 g/mol. The molecule has 0 aromatic rings. The standard InChI is InChI=1S/C4H6F2N2O/c5-4(6,2-9)1-8-3-7/h8-9H,1-2H2. The minimum Gasteiger partial charge on any atom is -0.390 e. The predicted molar refractivity (Wildman–Crippen MR) is 25.6 cm³/mol. The fourth-order valence-electron chi connectivity index (χ4n) is 0.225. The van der Waals surface area contributed by atoms with Gasteiger partial charge in [-0.25, -0.2) is 8.78 Å². The summed E-state index contributed by atoms with van der Waals surface area (Å²) >= 11 is 0. The van der Waals surface area contributed by atoms with Crippen LogP contribution in [0.15, 0.2) is 0 Å². The molecule has 52 valence electrons. The normalized spacial score (nSPS) is 10.4. The zero-order valence-corrected chi connectivity index (χ0v) is 4.56. The Kier molecular flexibility index (Phi) is 2.88. The zero-order chi connectivity index (χ0) is 7.33. The summed E-state index contributed by atoms with van der Waals surface area (Å²) in [7, 11) is 0. The first-order chi connectivity index (χ1) is 4.12. The zero-order valence-electron chi connectivity index (χ0n) is 4.56. The Bertz CT molecular complexity index is 120. The van der Waals surface area contributed by atoms with Crippen molar-refractivity contribution in [3.8, 4) is 6.19 Å². The minimum atomic E-state index is -3.18. The number of hydrogen-bond donors (Lipinski definition) is 2. The number of halogens is 2. The lowest BCUT2D eigenvalue weighted by Crippen LogP contribution is -2.33. The topological polar surface area (TPSA) is 56.0 Å². The maximum atomic E-state index is 11.9. The van der Waals surface area contributed by atoms with Gasteiger partial charge in [0.25, 0.3) is 5.92 Å². The van der Waals surface area contributed by atoms with Crippen LogP contribution in [0.3, 0.4) is 0 Å². The van der Waals surface area contributed by atoms with Crippen molar-refractivity contribution in [1.82, 2.24) is 5.32 Å². The van der Waals surface area contributed by atoms with E-state index in [-0.39, 0.29) is 0 Å². The number of rotatable bonds is 3. The van der Waals surface area contributed by atoms with Crippen molar-refractivity contribution in [3.63, 3.8) is 0 Å². The van der Waals surface area contributed by atoms with Crippen LogP contribution >= 0.6 is 0 Å². The van der Waals surface area contributed by atoms with Crippen molar-refractivity contribution in [2.24, 2.45) is 0 Å². The van der Waals surface area contributed by atoms with Gasteiger partial charge in [-0.1, -0.05) is 0 Å². The molecule has 0 fully saturated rings. The van der Waals surface area contributed by atoms with Crippen molar-refractivity contribution in [2.75, 3.05) is 13.2 Å². The first kappa shape index (κ1) is 8.11. The van der Waals surface area contributed by atoms with E-state index >= 15 is 0 Å². The third kappa shape index (κ3) is 3.67. The average molecular weight is 136 g/mol. The summed E-state index contributed by atoms with van der Waals surface area (Å²) in [6.45, 7) is -2.04. The fourth-order valence-corrected chi connectivity index (χ4v) is 0.225. The maximum Gasteiger partial charge on any atom is 0.288 e. The highest BCUT2D eigenvalue weighted by molar-refractivity contribution is 4.74. The van der Waals surface area contributed by atoms with Gasteiger partial charge < -0.3 is 10.4 Å². The van der Waals surface area contributed by atoms with Crippen LogP contribution in [0.2, 0.25) is 0 Å². The Morgan fingerprint density at radius 1 is 1.67 bits per heavy atom. The van der Waals surface area contributed by atoms with Gasteiger partial charge in [-0.15, -0.1) is 0 Å². The van der Waals surface area contributed by atoms with Crippen molar-refractivity contribution in [2.45, 2.75) is 5.92 Å². The molecule has 0 bridgehead atoms. The lowest BCUT2D eigenvalue weighted by Gasteiger charge is -2.09. The Labute approximate surface area is 50.9 Å². The Morgan fingerprint density at radius 3 is 2.56 bits per heavy atom. The molecule has 0 radical (unpaired) electrons. The summed E-state index contributed by atoms with van der Waals surface area (Å²) in [5, 5.41) is 17.4. The van der Waals surface area contributed by atoms with Gasteiger partial charge in [-0.3, -0.25) is 0 Å². The van der Waals surface area contributed by atoms with E-state index in [2.05, 4.69) is 0 Å². The van der Waals surface area contributed by atoms with E-state index in [0.29, 0.717) is 0 Å². The molecule has 0 aliphatic rings. The van der Waals surface area contributed by atoms with E-state index in [0.717, 1.165) is 0 Å². The molecule has 0 aliphatic heterocycles. The number of alkyl halides is 2. The summed E-state index contributed by atoms with van der Waals surface area (Å²) in [5.74, 6) is -3.18. The molecule has 5 heteroatoms. The van der Waals surface area contributed by atoms with Crippen LogP contribution in [0.1, 0.15) is 0 Å². The SMILES string of the molecule is N#CNCC(F)(F)CO. The molecule has 0 aromatic carbocycles. The Balaban J connectivity index is 3.48. The molecular weight excluding hydrogens is 130 g/mol. The molecule has 0 saturated carbocycles. The first-order valence-electron chi connectivity index (χ1n) is 2.23. The van der Waals surface area contributed by atoms with Crippen LogP contribution in [0.4, 0.5) is 8.78 Å². The summed E-state index contributed by atoms with van der Waals surface area (Å²) in [6.07, 6.45) is 1.32. The summed E-state index contributed by atoms with van der Waals surface area (Å²) in [6, 6.07) is 0. The van der Waals surface area contributed by atoms with Gasteiger partial charge in [0.15, 0.2) is 6.19 Å². The molecule has 0 atom stereocenters. The maximum absolute atomic E-state index is 11.9. The second-order valence-electron chi connectivity index (χ2n) is 1.48. The third-order valence-electron chi connectivity index (χ3n) is 0.657. The summed E-state index contributed by atoms with van der Waals surface area (Å²) in [4.78, 5) is 0. The quantitative estimate of drug-likeness (QED) is 0.413. The van der Waals surface area contributed by atoms with Crippen LogP contribution in [0.5, 0.6) is 0 Å². The molecule has 2 N–H and O–H groups in total. The van der Waals surface area contributed by atoms with Crippen LogP contribution in [0.25, 0.3) is 0 Å².